The molecule has 2 heterocycles. The van der Waals surface area contributed by atoms with Crippen molar-refractivity contribution in [2.45, 2.75) is 103 Å². The number of ether oxygens (including phenoxy) is 2. The van der Waals surface area contributed by atoms with Crippen LogP contribution in [-0.2, 0) is 39.9 Å². The Morgan fingerprint density at radius 1 is 1.07 bits per heavy atom. The fourth-order valence-corrected chi connectivity index (χ4v) is 8.08. The average molecular weight is 774 g/mol. The van der Waals surface area contributed by atoms with Crippen molar-refractivity contribution in [3.8, 4) is 0 Å². The number of likely N-dealkylation sites (N-methyl/N-ethyl adjacent to an activating group) is 1. The minimum absolute atomic E-state index is 0.0137. The van der Waals surface area contributed by atoms with Gasteiger partial charge in [0.1, 0.15) is 5.01 Å². The fourth-order valence-electron chi connectivity index (χ4n) is 7.39. The molecule has 5 N–H and O–H groups in total. The van der Waals surface area contributed by atoms with Gasteiger partial charge < -0.3 is 40.1 Å². The Bertz CT molecular complexity index is 1430. The average Bonchev–Trinajstić information content (AvgIpc) is 3.89. The Morgan fingerprint density at radius 3 is 2.39 bits per heavy atom. The summed E-state index contributed by atoms with van der Waals surface area (Å²) in [6.45, 7) is 10.7. The molecular formula is C39H63N7O7S. The molecule has 2 aromatic rings. The van der Waals surface area contributed by atoms with E-state index in [4.69, 9.17) is 15.4 Å². The number of carbonyl (C=O) groups excluding carboxylic acids is 4. The first-order chi connectivity index (χ1) is 25.9. The van der Waals surface area contributed by atoms with Crippen molar-refractivity contribution in [1.29, 1.82) is 0 Å². The number of carbonyl (C=O) groups is 4. The van der Waals surface area contributed by atoms with Crippen LogP contribution in [0.3, 0.4) is 0 Å². The van der Waals surface area contributed by atoms with Crippen LogP contribution >= 0.6 is 11.3 Å². The van der Waals surface area contributed by atoms with Gasteiger partial charge in [0.05, 0.1) is 61.9 Å². The van der Waals surface area contributed by atoms with E-state index in [1.165, 1.54) is 11.3 Å². The lowest BCUT2D eigenvalue weighted by Gasteiger charge is -2.39. The maximum atomic E-state index is 14.1. The van der Waals surface area contributed by atoms with Gasteiger partial charge in [0.15, 0.2) is 0 Å². The summed E-state index contributed by atoms with van der Waals surface area (Å²) in [6.07, 6.45) is 3.42. The van der Waals surface area contributed by atoms with Gasteiger partial charge in [-0.25, -0.2) is 10.9 Å². The predicted molar refractivity (Wildman–Crippen MR) is 209 cm³/mol. The van der Waals surface area contributed by atoms with Crippen LogP contribution in [0.4, 0.5) is 0 Å². The molecule has 15 heteroatoms. The first kappa shape index (κ1) is 44.9. The Labute approximate surface area is 325 Å². The van der Waals surface area contributed by atoms with Crippen molar-refractivity contribution in [2.75, 3.05) is 47.5 Å². The summed E-state index contributed by atoms with van der Waals surface area (Å²) in [5.41, 5.74) is 1.09. The molecule has 0 radical (unpaired) electrons. The highest BCUT2D eigenvalue weighted by molar-refractivity contribution is 7.09. The lowest BCUT2D eigenvalue weighted by molar-refractivity contribution is -0.146. The number of benzene rings is 1. The quantitative estimate of drug-likeness (QED) is 0.0970. The number of rotatable bonds is 23. The number of nitrogens with one attached hydrogen (secondary N) is 3. The first-order valence-electron chi connectivity index (χ1n) is 19.0. The summed E-state index contributed by atoms with van der Waals surface area (Å²) in [4.78, 5) is 67.0. The summed E-state index contributed by atoms with van der Waals surface area (Å²) in [5.74, 6) is 3.62. The second-order valence-corrected chi connectivity index (χ2v) is 15.5. The van der Waals surface area contributed by atoms with Crippen LogP contribution in [0, 0.1) is 17.8 Å². The van der Waals surface area contributed by atoms with Gasteiger partial charge in [-0.3, -0.25) is 19.2 Å². The lowest BCUT2D eigenvalue weighted by Crippen LogP contribution is -2.55. The van der Waals surface area contributed by atoms with E-state index < -0.39 is 30.2 Å². The van der Waals surface area contributed by atoms with E-state index in [1.807, 2.05) is 75.2 Å². The molecule has 54 heavy (non-hydrogen) atoms. The predicted octanol–water partition coefficient (Wildman–Crippen LogP) is 3.08. The second-order valence-electron chi connectivity index (χ2n) is 14.5. The fraction of sp³-hybridized carbons (Fsp3) is 0.667. The van der Waals surface area contributed by atoms with Crippen molar-refractivity contribution in [3.05, 3.63) is 52.5 Å². The minimum atomic E-state index is -0.613. The summed E-state index contributed by atoms with van der Waals surface area (Å²) >= 11 is 1.50. The van der Waals surface area contributed by atoms with Crippen molar-refractivity contribution < 1.29 is 33.5 Å². The number of aromatic nitrogens is 1. The van der Waals surface area contributed by atoms with E-state index in [2.05, 4.69) is 25.8 Å². The van der Waals surface area contributed by atoms with Gasteiger partial charge in [0.2, 0.25) is 23.6 Å². The summed E-state index contributed by atoms with van der Waals surface area (Å²) in [7, 11) is 4.83. The zero-order valence-corrected chi connectivity index (χ0v) is 34.1. The molecule has 1 aromatic heterocycles. The molecule has 1 saturated heterocycles. The molecule has 3 rings (SSSR count). The van der Waals surface area contributed by atoms with Crippen LogP contribution in [-0.4, -0.2) is 116 Å². The molecule has 8 atom stereocenters. The van der Waals surface area contributed by atoms with Crippen LogP contribution in [0.25, 0.3) is 0 Å². The van der Waals surface area contributed by atoms with E-state index in [-0.39, 0.29) is 67.1 Å². The standard InChI is InChI=1S/C39H63N7O7S/c1-9-26(4)35(45(6)33(48)24-43-38(50)34(25(2)3)41-17-20-53-40)31(51-7)23-32(47)46-19-13-16-30(46)36(52-8)27(5)37(49)44-29(39-42-18-21-54-39)22-28-14-11-10-12-15-28/h10-12,14-15,18,21,25-27,29-31,34-36,41H,9,13,16-17,19-20,22-24,40H2,1-8H3,(H,43,50)(H,44,49). The summed E-state index contributed by atoms with van der Waals surface area (Å²) in [6, 6.07) is 8.39. The van der Waals surface area contributed by atoms with Crippen LogP contribution < -0.4 is 21.8 Å². The number of likely N-dealkylation sites (tertiary alicyclic amines) is 1. The second kappa shape index (κ2) is 22.8. The van der Waals surface area contributed by atoms with E-state index >= 15 is 0 Å². The van der Waals surface area contributed by atoms with Gasteiger partial charge in [0, 0.05) is 45.9 Å². The summed E-state index contributed by atoms with van der Waals surface area (Å²) < 4.78 is 12.0. The zero-order chi connectivity index (χ0) is 39.8. The molecule has 1 aliphatic heterocycles. The smallest absolute Gasteiger partial charge is 0.242 e. The molecule has 4 amide bonds. The molecular weight excluding hydrogens is 711 g/mol. The number of nitrogens with zero attached hydrogens (tertiary/aromatic N) is 3. The number of methoxy groups -OCH3 is 2. The topological polar surface area (TPSA) is 177 Å². The Balaban J connectivity index is 1.70. The first-order valence-corrected chi connectivity index (χ1v) is 19.9. The summed E-state index contributed by atoms with van der Waals surface area (Å²) in [5, 5.41) is 11.8. The zero-order valence-electron chi connectivity index (χ0n) is 33.3. The third-order valence-corrected chi connectivity index (χ3v) is 11.5. The molecule has 0 saturated carbocycles. The number of hydrogen-bond acceptors (Lipinski definition) is 11. The van der Waals surface area contributed by atoms with Gasteiger partial charge in [-0.05, 0) is 36.7 Å². The maximum absolute atomic E-state index is 14.1. The van der Waals surface area contributed by atoms with Gasteiger partial charge in [-0.2, -0.15) is 0 Å². The van der Waals surface area contributed by atoms with E-state index in [0.717, 1.165) is 23.4 Å². The van der Waals surface area contributed by atoms with E-state index in [9.17, 15) is 19.2 Å². The number of thiazole rings is 1. The van der Waals surface area contributed by atoms with Crippen LogP contribution in [0.2, 0.25) is 0 Å². The molecule has 14 nitrogen and oxygen atoms in total. The largest absolute Gasteiger partial charge is 0.379 e. The van der Waals surface area contributed by atoms with Gasteiger partial charge in [-0.1, -0.05) is 71.4 Å². The Hall–Kier alpha value is -3.47. The van der Waals surface area contributed by atoms with Crippen LogP contribution in [0.1, 0.15) is 76.9 Å². The van der Waals surface area contributed by atoms with Crippen molar-refractivity contribution >= 4 is 35.0 Å². The number of nitrogens with two attached hydrogens (primary N) is 1. The normalized spacial score (nSPS) is 18.3. The van der Waals surface area contributed by atoms with Crippen molar-refractivity contribution in [2.24, 2.45) is 23.7 Å². The Kier molecular flexibility index (Phi) is 19.0. The molecule has 0 bridgehead atoms. The highest BCUT2D eigenvalue weighted by atomic mass is 32.1. The van der Waals surface area contributed by atoms with Gasteiger partial charge in [-0.15, -0.1) is 11.3 Å². The SMILES string of the molecule is CCC(C)C(C(CC(=O)N1CCCC1C(OC)C(C)C(=O)NC(Cc1ccccc1)c1nccs1)OC)N(C)C(=O)CNC(=O)C(NCCON)C(C)C. The maximum Gasteiger partial charge on any atom is 0.242 e. The minimum Gasteiger partial charge on any atom is -0.379 e. The highest BCUT2D eigenvalue weighted by Gasteiger charge is 2.42. The lowest BCUT2D eigenvalue weighted by atomic mass is 9.90. The molecule has 1 aromatic carbocycles. The van der Waals surface area contributed by atoms with Gasteiger partial charge >= 0.3 is 0 Å². The van der Waals surface area contributed by atoms with Crippen LogP contribution in [0.5, 0.6) is 0 Å². The van der Waals surface area contributed by atoms with E-state index in [1.54, 1.807) is 32.4 Å². The van der Waals surface area contributed by atoms with Gasteiger partial charge in [0.25, 0.3) is 0 Å². The molecule has 1 aliphatic rings. The van der Waals surface area contributed by atoms with Crippen molar-refractivity contribution in [3.63, 3.8) is 0 Å². The third kappa shape index (κ3) is 12.5. The molecule has 8 unspecified atom stereocenters. The van der Waals surface area contributed by atoms with Crippen LogP contribution in [0.15, 0.2) is 41.9 Å². The monoisotopic (exact) mass is 773 g/mol. The third-order valence-electron chi connectivity index (χ3n) is 10.6. The molecule has 302 valence electrons. The Morgan fingerprint density at radius 2 is 1.80 bits per heavy atom. The molecule has 0 spiro atoms. The van der Waals surface area contributed by atoms with Crippen molar-refractivity contribution in [1.82, 2.24) is 30.7 Å². The molecule has 1 fully saturated rings. The number of hydrogen-bond donors (Lipinski definition) is 4. The highest BCUT2D eigenvalue weighted by Crippen LogP contribution is 2.30. The number of amides is 4. The van der Waals surface area contributed by atoms with E-state index in [0.29, 0.717) is 25.9 Å². The molecule has 0 aliphatic carbocycles.